The number of nitrogens with one attached hydrogen (secondary N) is 1. The third-order valence-electron chi connectivity index (χ3n) is 1.24. The zero-order valence-electron chi connectivity index (χ0n) is 6.19. The first-order valence-corrected chi connectivity index (χ1v) is 3.33. The van der Waals surface area contributed by atoms with Gasteiger partial charge in [-0.1, -0.05) is 0 Å². The topological polar surface area (TPSA) is 84.8 Å². The number of H-pyrrole nitrogens is 1. The van der Waals surface area contributed by atoms with Gasteiger partial charge in [0.25, 0.3) is 0 Å². The van der Waals surface area contributed by atoms with Gasteiger partial charge in [-0.25, -0.2) is 0 Å². The second-order valence-electron chi connectivity index (χ2n) is 2.14. The van der Waals surface area contributed by atoms with E-state index in [0.717, 1.165) is 6.29 Å². The van der Waals surface area contributed by atoms with Gasteiger partial charge < -0.3 is 4.79 Å². The summed E-state index contributed by atoms with van der Waals surface area (Å²) >= 11 is 0. The molecule has 1 aromatic rings. The summed E-state index contributed by atoms with van der Waals surface area (Å²) in [6.45, 7) is 0.325. The molecule has 0 aliphatic heterocycles. The SMILES string of the molecule is O=CCCn1cnc(=O)c(=O)[nH]1. The Morgan fingerprint density at radius 2 is 2.33 bits per heavy atom. The fourth-order valence-corrected chi connectivity index (χ4v) is 0.693. The van der Waals surface area contributed by atoms with Crippen molar-refractivity contribution < 1.29 is 4.79 Å². The van der Waals surface area contributed by atoms with Gasteiger partial charge in [0.1, 0.15) is 12.6 Å². The molecule has 1 N–H and O–H groups in total. The Morgan fingerprint density at radius 1 is 1.58 bits per heavy atom. The lowest BCUT2D eigenvalue weighted by atomic mass is 10.5. The van der Waals surface area contributed by atoms with Crippen LogP contribution in [-0.4, -0.2) is 21.1 Å². The Balaban J connectivity index is 2.90. The van der Waals surface area contributed by atoms with E-state index in [2.05, 4.69) is 10.1 Å². The summed E-state index contributed by atoms with van der Waals surface area (Å²) in [5, 5.41) is 2.24. The van der Waals surface area contributed by atoms with E-state index in [1.165, 1.54) is 11.0 Å². The average molecular weight is 169 g/mol. The van der Waals surface area contributed by atoms with Gasteiger partial charge in [-0.2, -0.15) is 4.98 Å². The monoisotopic (exact) mass is 169 g/mol. The van der Waals surface area contributed by atoms with E-state index < -0.39 is 11.1 Å². The molecule has 0 fully saturated rings. The molecule has 1 aromatic heterocycles. The number of carbonyl (C=O) groups is 1. The number of rotatable bonds is 3. The van der Waals surface area contributed by atoms with E-state index in [0.29, 0.717) is 6.54 Å². The molecular weight excluding hydrogens is 162 g/mol. The second-order valence-corrected chi connectivity index (χ2v) is 2.14. The van der Waals surface area contributed by atoms with Crippen LogP contribution in [0, 0.1) is 0 Å². The highest BCUT2D eigenvalue weighted by atomic mass is 16.2. The molecule has 1 rings (SSSR count). The minimum atomic E-state index is -0.822. The van der Waals surface area contributed by atoms with Crippen molar-refractivity contribution in [2.24, 2.45) is 0 Å². The average Bonchev–Trinajstić information content (AvgIpc) is 2.07. The Bertz CT molecular complexity index is 378. The highest BCUT2D eigenvalue weighted by Gasteiger charge is 1.94. The molecule has 0 aliphatic carbocycles. The summed E-state index contributed by atoms with van der Waals surface area (Å²) in [5.74, 6) is 0. The lowest BCUT2D eigenvalue weighted by Gasteiger charge is -1.99. The summed E-state index contributed by atoms with van der Waals surface area (Å²) in [6, 6.07) is 0. The van der Waals surface area contributed by atoms with Gasteiger partial charge in [0.05, 0.1) is 0 Å². The van der Waals surface area contributed by atoms with Gasteiger partial charge in [0.15, 0.2) is 0 Å². The van der Waals surface area contributed by atoms with Crippen LogP contribution in [0.25, 0.3) is 0 Å². The van der Waals surface area contributed by atoms with E-state index in [9.17, 15) is 14.4 Å². The normalized spacial score (nSPS) is 9.67. The lowest BCUT2D eigenvalue weighted by Crippen LogP contribution is -2.33. The Morgan fingerprint density at radius 3 is 2.92 bits per heavy atom. The number of aromatic amines is 1. The van der Waals surface area contributed by atoms with Crippen molar-refractivity contribution in [2.45, 2.75) is 13.0 Å². The van der Waals surface area contributed by atoms with Crippen LogP contribution in [0.15, 0.2) is 15.9 Å². The summed E-state index contributed by atoms with van der Waals surface area (Å²) in [5.41, 5.74) is -1.60. The van der Waals surface area contributed by atoms with Gasteiger partial charge in [-0.3, -0.25) is 19.4 Å². The Hall–Kier alpha value is -1.72. The Kier molecular flexibility index (Phi) is 2.52. The summed E-state index contributed by atoms with van der Waals surface area (Å²) in [7, 11) is 0. The van der Waals surface area contributed by atoms with E-state index in [4.69, 9.17) is 0 Å². The molecular formula is C6H7N3O3. The fraction of sp³-hybridized carbons (Fsp3) is 0.333. The molecule has 0 unspecified atom stereocenters. The molecule has 0 saturated heterocycles. The van der Waals surface area contributed by atoms with E-state index >= 15 is 0 Å². The maximum Gasteiger partial charge on any atom is 0.338 e. The molecule has 0 aliphatic rings. The number of aldehydes is 1. The van der Waals surface area contributed by atoms with Crippen molar-refractivity contribution in [3.05, 3.63) is 27.0 Å². The smallest absolute Gasteiger partial charge is 0.303 e. The van der Waals surface area contributed by atoms with Crippen molar-refractivity contribution in [1.82, 2.24) is 14.8 Å². The maximum absolute atomic E-state index is 10.7. The maximum atomic E-state index is 10.7. The highest BCUT2D eigenvalue weighted by Crippen LogP contribution is 1.77. The van der Waals surface area contributed by atoms with Crippen molar-refractivity contribution in [1.29, 1.82) is 0 Å². The van der Waals surface area contributed by atoms with E-state index in [1.807, 2.05) is 0 Å². The fourth-order valence-electron chi connectivity index (χ4n) is 0.693. The zero-order valence-corrected chi connectivity index (χ0v) is 6.19. The first-order valence-electron chi connectivity index (χ1n) is 3.33. The van der Waals surface area contributed by atoms with Crippen LogP contribution in [0.4, 0.5) is 0 Å². The molecule has 0 saturated carbocycles. The van der Waals surface area contributed by atoms with Crippen molar-refractivity contribution in [2.75, 3.05) is 0 Å². The van der Waals surface area contributed by atoms with Crippen molar-refractivity contribution in [3.63, 3.8) is 0 Å². The third-order valence-corrected chi connectivity index (χ3v) is 1.24. The second kappa shape index (κ2) is 3.61. The number of nitrogens with zero attached hydrogens (tertiary/aromatic N) is 2. The molecule has 6 heteroatoms. The summed E-state index contributed by atoms with van der Waals surface area (Å²) in [4.78, 5) is 34.4. The van der Waals surface area contributed by atoms with Crippen LogP contribution in [0.1, 0.15) is 6.42 Å². The van der Waals surface area contributed by atoms with Crippen LogP contribution in [-0.2, 0) is 11.3 Å². The predicted molar refractivity (Wildman–Crippen MR) is 39.8 cm³/mol. The number of carbonyl (C=O) groups excluding carboxylic acids is 1. The third kappa shape index (κ3) is 1.88. The first kappa shape index (κ1) is 8.38. The number of aryl methyl sites for hydroxylation is 1. The van der Waals surface area contributed by atoms with E-state index in [1.54, 1.807) is 0 Å². The van der Waals surface area contributed by atoms with Crippen LogP contribution in [0.3, 0.4) is 0 Å². The minimum Gasteiger partial charge on any atom is -0.303 e. The molecule has 64 valence electrons. The molecule has 0 atom stereocenters. The highest BCUT2D eigenvalue weighted by molar-refractivity contribution is 5.48. The standard InChI is InChI=1S/C6H7N3O3/c10-3-1-2-9-4-7-5(11)6(12)8-9/h3-4H,1-2H2,(H,8,12). The molecule has 0 aromatic carbocycles. The molecule has 1 heterocycles. The summed E-state index contributed by atoms with van der Waals surface area (Å²) < 4.78 is 1.29. The van der Waals surface area contributed by atoms with Crippen molar-refractivity contribution >= 4 is 6.29 Å². The Labute approximate surface area is 66.8 Å². The van der Waals surface area contributed by atoms with Crippen LogP contribution >= 0.6 is 0 Å². The van der Waals surface area contributed by atoms with E-state index in [-0.39, 0.29) is 6.42 Å². The van der Waals surface area contributed by atoms with Gasteiger partial charge in [0.2, 0.25) is 0 Å². The van der Waals surface area contributed by atoms with Crippen LogP contribution in [0.5, 0.6) is 0 Å². The van der Waals surface area contributed by atoms with Gasteiger partial charge in [0, 0.05) is 13.0 Å². The molecule has 6 nitrogen and oxygen atoms in total. The quantitative estimate of drug-likeness (QED) is 0.441. The molecule has 0 bridgehead atoms. The molecule has 0 spiro atoms. The van der Waals surface area contributed by atoms with Gasteiger partial charge in [-0.05, 0) is 0 Å². The number of hydrogen-bond acceptors (Lipinski definition) is 4. The van der Waals surface area contributed by atoms with Gasteiger partial charge >= 0.3 is 11.1 Å². The van der Waals surface area contributed by atoms with Crippen molar-refractivity contribution in [3.8, 4) is 0 Å². The lowest BCUT2D eigenvalue weighted by molar-refractivity contribution is -0.108. The molecule has 0 amide bonds. The number of aromatic nitrogens is 3. The van der Waals surface area contributed by atoms with Crippen LogP contribution in [0.2, 0.25) is 0 Å². The largest absolute Gasteiger partial charge is 0.338 e. The molecule has 12 heavy (non-hydrogen) atoms. The number of hydrogen-bond donors (Lipinski definition) is 1. The first-order chi connectivity index (χ1) is 5.74. The van der Waals surface area contributed by atoms with Gasteiger partial charge in [-0.15, -0.1) is 0 Å². The molecule has 0 radical (unpaired) electrons. The summed E-state index contributed by atoms with van der Waals surface area (Å²) in [6.07, 6.45) is 2.18. The minimum absolute atomic E-state index is 0.278. The predicted octanol–water partition coefficient (Wildman–Crippen LogP) is -1.48. The zero-order chi connectivity index (χ0) is 8.97. The van der Waals surface area contributed by atoms with Crippen LogP contribution < -0.4 is 11.1 Å².